The highest BCUT2D eigenvalue weighted by Crippen LogP contribution is 2.26. The quantitative estimate of drug-likeness (QED) is 0.811. The average Bonchev–Trinajstić information content (AvgIpc) is 3.22. The van der Waals surface area contributed by atoms with E-state index in [1.54, 1.807) is 18.4 Å². The zero-order chi connectivity index (χ0) is 16.9. The molecule has 1 atom stereocenters. The normalized spacial score (nSPS) is 17.6. The van der Waals surface area contributed by atoms with Crippen LogP contribution in [0, 0.1) is 12.8 Å². The van der Waals surface area contributed by atoms with Crippen molar-refractivity contribution >= 4 is 22.9 Å². The van der Waals surface area contributed by atoms with Crippen LogP contribution in [0.15, 0.2) is 23.7 Å². The molecule has 2 heterocycles. The second-order valence-electron chi connectivity index (χ2n) is 6.35. The molecule has 1 aliphatic rings. The maximum atomic E-state index is 6.42. The first-order chi connectivity index (χ1) is 11.7. The van der Waals surface area contributed by atoms with Gasteiger partial charge in [-0.25, -0.2) is 4.98 Å². The van der Waals surface area contributed by atoms with Crippen LogP contribution in [0.3, 0.4) is 0 Å². The van der Waals surface area contributed by atoms with Crippen molar-refractivity contribution in [3.8, 4) is 5.75 Å². The Kier molecular flexibility index (Phi) is 6.11. The Morgan fingerprint density at radius 3 is 2.96 bits per heavy atom. The molecular formula is C18H24ClN3OS. The smallest absolute Gasteiger partial charge is 0.119 e. The molecule has 1 saturated heterocycles. The third-order valence-corrected chi connectivity index (χ3v) is 5.83. The zero-order valence-electron chi connectivity index (χ0n) is 14.2. The molecular weight excluding hydrogens is 342 g/mol. The first-order valence-corrected chi connectivity index (χ1v) is 9.56. The molecule has 1 aromatic carbocycles. The molecule has 24 heavy (non-hydrogen) atoms. The fourth-order valence-electron chi connectivity index (χ4n) is 3.14. The van der Waals surface area contributed by atoms with Crippen LogP contribution in [0.1, 0.15) is 22.6 Å². The van der Waals surface area contributed by atoms with Crippen LogP contribution in [0.5, 0.6) is 5.75 Å². The van der Waals surface area contributed by atoms with Crippen molar-refractivity contribution in [1.82, 2.24) is 15.2 Å². The number of halogens is 1. The van der Waals surface area contributed by atoms with E-state index in [9.17, 15) is 0 Å². The standard InChI is InChI=1S/C18H24ClN3OS/c1-13-18(24-12-21-13)11-22(9-14-5-6-20-8-14)10-15-7-16(23-2)3-4-17(15)19/h3-4,7,12,14,20H,5-6,8-11H2,1-2H3. The van der Waals surface area contributed by atoms with E-state index in [4.69, 9.17) is 16.3 Å². The molecule has 1 fully saturated rings. The van der Waals surface area contributed by atoms with Gasteiger partial charge >= 0.3 is 0 Å². The van der Waals surface area contributed by atoms with Crippen LogP contribution in [0.4, 0.5) is 0 Å². The Morgan fingerprint density at radius 1 is 1.42 bits per heavy atom. The number of aromatic nitrogens is 1. The Balaban J connectivity index is 1.76. The Labute approximate surface area is 152 Å². The van der Waals surface area contributed by atoms with Crippen molar-refractivity contribution < 1.29 is 4.74 Å². The lowest BCUT2D eigenvalue weighted by molar-refractivity contribution is 0.222. The summed E-state index contributed by atoms with van der Waals surface area (Å²) < 4.78 is 5.35. The van der Waals surface area contributed by atoms with Gasteiger partial charge in [-0.15, -0.1) is 11.3 Å². The van der Waals surface area contributed by atoms with Gasteiger partial charge in [0.1, 0.15) is 5.75 Å². The van der Waals surface area contributed by atoms with Crippen LogP contribution < -0.4 is 10.1 Å². The molecule has 0 aliphatic carbocycles. The Morgan fingerprint density at radius 2 is 2.29 bits per heavy atom. The lowest BCUT2D eigenvalue weighted by atomic mass is 10.1. The third-order valence-electron chi connectivity index (χ3n) is 4.54. The minimum atomic E-state index is 0.697. The molecule has 0 bridgehead atoms. The van der Waals surface area contributed by atoms with E-state index in [2.05, 4.69) is 22.1 Å². The number of methoxy groups -OCH3 is 1. The monoisotopic (exact) mass is 365 g/mol. The summed E-state index contributed by atoms with van der Waals surface area (Å²) in [6.45, 7) is 7.12. The lowest BCUT2D eigenvalue weighted by Gasteiger charge is -2.25. The van der Waals surface area contributed by atoms with E-state index >= 15 is 0 Å². The summed E-state index contributed by atoms with van der Waals surface area (Å²) in [5.74, 6) is 1.55. The van der Waals surface area contributed by atoms with Gasteiger partial charge in [0.15, 0.2) is 0 Å². The van der Waals surface area contributed by atoms with Gasteiger partial charge in [0.2, 0.25) is 0 Å². The van der Waals surface area contributed by atoms with Gasteiger partial charge in [-0.1, -0.05) is 11.6 Å². The highest BCUT2D eigenvalue weighted by Gasteiger charge is 2.20. The minimum Gasteiger partial charge on any atom is -0.497 e. The average molecular weight is 366 g/mol. The summed E-state index contributed by atoms with van der Waals surface area (Å²) in [6, 6.07) is 5.87. The van der Waals surface area contributed by atoms with Crippen molar-refractivity contribution in [2.24, 2.45) is 5.92 Å². The molecule has 0 spiro atoms. The van der Waals surface area contributed by atoms with Gasteiger partial charge in [0, 0.05) is 29.5 Å². The van der Waals surface area contributed by atoms with Gasteiger partial charge < -0.3 is 10.1 Å². The van der Waals surface area contributed by atoms with E-state index < -0.39 is 0 Å². The van der Waals surface area contributed by atoms with Crippen LogP contribution in [0.25, 0.3) is 0 Å². The van der Waals surface area contributed by atoms with Crippen molar-refractivity contribution in [2.45, 2.75) is 26.4 Å². The summed E-state index contributed by atoms with van der Waals surface area (Å²) in [5.41, 5.74) is 4.17. The second-order valence-corrected chi connectivity index (χ2v) is 7.69. The van der Waals surface area contributed by atoms with Gasteiger partial charge in [-0.05, 0) is 56.1 Å². The van der Waals surface area contributed by atoms with Gasteiger partial charge in [-0.2, -0.15) is 0 Å². The molecule has 1 N–H and O–H groups in total. The molecule has 6 heteroatoms. The molecule has 2 aromatic rings. The summed E-state index contributed by atoms with van der Waals surface area (Å²) in [4.78, 5) is 8.21. The summed E-state index contributed by atoms with van der Waals surface area (Å²) in [6.07, 6.45) is 1.24. The Bertz CT molecular complexity index is 670. The highest BCUT2D eigenvalue weighted by molar-refractivity contribution is 7.09. The Hall–Kier alpha value is -1.14. The molecule has 0 saturated carbocycles. The molecule has 0 radical (unpaired) electrons. The topological polar surface area (TPSA) is 37.4 Å². The molecule has 1 aliphatic heterocycles. The van der Waals surface area contributed by atoms with Crippen molar-refractivity contribution in [3.05, 3.63) is 44.9 Å². The van der Waals surface area contributed by atoms with Gasteiger partial charge in [0.25, 0.3) is 0 Å². The fraction of sp³-hybridized carbons (Fsp3) is 0.500. The number of thiazole rings is 1. The maximum absolute atomic E-state index is 6.42. The predicted molar refractivity (Wildman–Crippen MR) is 99.9 cm³/mol. The number of hydrogen-bond donors (Lipinski definition) is 1. The number of benzene rings is 1. The van der Waals surface area contributed by atoms with Crippen LogP contribution in [-0.4, -0.2) is 36.6 Å². The third kappa shape index (κ3) is 4.48. The summed E-state index contributed by atoms with van der Waals surface area (Å²) in [5, 5.41) is 4.26. The van der Waals surface area contributed by atoms with Crippen LogP contribution in [0.2, 0.25) is 5.02 Å². The number of hydrogen-bond acceptors (Lipinski definition) is 5. The second kappa shape index (κ2) is 8.30. The first kappa shape index (κ1) is 17.7. The van der Waals surface area contributed by atoms with Crippen molar-refractivity contribution in [3.63, 3.8) is 0 Å². The van der Waals surface area contributed by atoms with Gasteiger partial charge in [-0.3, -0.25) is 4.90 Å². The molecule has 130 valence electrons. The number of nitrogens with one attached hydrogen (secondary N) is 1. The number of ether oxygens (including phenoxy) is 1. The van der Waals surface area contributed by atoms with E-state index in [-0.39, 0.29) is 0 Å². The summed E-state index contributed by atoms with van der Waals surface area (Å²) in [7, 11) is 1.69. The lowest BCUT2D eigenvalue weighted by Crippen LogP contribution is -2.30. The van der Waals surface area contributed by atoms with Gasteiger partial charge in [0.05, 0.1) is 18.3 Å². The van der Waals surface area contributed by atoms with E-state index in [0.717, 1.165) is 54.8 Å². The van der Waals surface area contributed by atoms with Crippen molar-refractivity contribution in [1.29, 1.82) is 0 Å². The molecule has 1 aromatic heterocycles. The fourth-order valence-corrected chi connectivity index (χ4v) is 4.14. The molecule has 3 rings (SSSR count). The first-order valence-electron chi connectivity index (χ1n) is 8.30. The SMILES string of the molecule is COc1ccc(Cl)c(CN(Cc2scnc2C)CC2CCNC2)c1. The van der Waals surface area contributed by atoms with Crippen LogP contribution in [-0.2, 0) is 13.1 Å². The maximum Gasteiger partial charge on any atom is 0.119 e. The highest BCUT2D eigenvalue weighted by atomic mass is 35.5. The van der Waals surface area contributed by atoms with Crippen LogP contribution >= 0.6 is 22.9 Å². The number of nitrogens with zero attached hydrogens (tertiary/aromatic N) is 2. The minimum absolute atomic E-state index is 0.697. The van der Waals surface area contributed by atoms with E-state index in [0.29, 0.717) is 5.92 Å². The largest absolute Gasteiger partial charge is 0.497 e. The van der Waals surface area contributed by atoms with E-state index in [1.165, 1.54) is 11.3 Å². The molecule has 4 nitrogen and oxygen atoms in total. The van der Waals surface area contributed by atoms with E-state index in [1.807, 2.05) is 23.7 Å². The number of aryl methyl sites for hydroxylation is 1. The predicted octanol–water partition coefficient (Wildman–Crippen LogP) is 3.73. The number of rotatable bonds is 7. The zero-order valence-corrected chi connectivity index (χ0v) is 15.8. The molecule has 1 unspecified atom stereocenters. The van der Waals surface area contributed by atoms with Crippen molar-refractivity contribution in [2.75, 3.05) is 26.7 Å². The summed E-state index contributed by atoms with van der Waals surface area (Å²) >= 11 is 8.15. The molecule has 0 amide bonds.